The molecule has 0 amide bonds. The molecule has 0 aliphatic heterocycles. The monoisotopic (exact) mass is 300 g/mol. The van der Waals surface area contributed by atoms with Gasteiger partial charge < -0.3 is 9.84 Å². The largest absolute Gasteiger partial charge is 0.461 e. The lowest BCUT2D eigenvalue weighted by molar-refractivity contribution is 0.0525. The van der Waals surface area contributed by atoms with E-state index in [0.717, 1.165) is 18.5 Å². The maximum absolute atomic E-state index is 11.6. The molecular weight excluding hydrogens is 276 g/mol. The number of hydrogen-bond acceptors (Lipinski definition) is 6. The molecule has 1 rings (SSSR count). The van der Waals surface area contributed by atoms with Crippen LogP contribution in [0.25, 0.3) is 0 Å². The molecule has 114 valence electrons. The quantitative estimate of drug-likeness (QED) is 0.709. The maximum atomic E-state index is 11.6. The average molecular weight is 300 g/mol. The molecule has 0 aliphatic rings. The van der Waals surface area contributed by atoms with Gasteiger partial charge in [0.2, 0.25) is 5.01 Å². The number of aliphatic hydroxyl groups excluding tert-OH is 1. The van der Waals surface area contributed by atoms with Gasteiger partial charge >= 0.3 is 5.97 Å². The zero-order chi connectivity index (χ0) is 15.0. The Bertz CT molecular complexity index is 405. The van der Waals surface area contributed by atoms with Crippen LogP contribution in [0.1, 0.15) is 49.1 Å². The molecule has 0 radical (unpaired) electrons. The minimum absolute atomic E-state index is 0.130. The van der Waals surface area contributed by atoms with Gasteiger partial charge in [-0.25, -0.2) is 9.78 Å². The summed E-state index contributed by atoms with van der Waals surface area (Å²) in [6.45, 7) is 7.83. The number of rotatable bonds is 9. The molecule has 6 heteroatoms. The Morgan fingerprint density at radius 3 is 2.70 bits per heavy atom. The van der Waals surface area contributed by atoms with E-state index in [-0.39, 0.29) is 12.6 Å². The fourth-order valence-electron chi connectivity index (χ4n) is 2.20. The highest BCUT2D eigenvalue weighted by Gasteiger charge is 2.18. The number of carbonyl (C=O) groups is 1. The summed E-state index contributed by atoms with van der Waals surface area (Å²) in [7, 11) is 0. The summed E-state index contributed by atoms with van der Waals surface area (Å²) in [6, 6.07) is 0.426. The molecule has 20 heavy (non-hydrogen) atoms. The minimum atomic E-state index is -0.361. The van der Waals surface area contributed by atoms with Crippen LogP contribution in [0.4, 0.5) is 0 Å². The first kappa shape index (κ1) is 17.1. The average Bonchev–Trinajstić information content (AvgIpc) is 2.89. The van der Waals surface area contributed by atoms with Crippen molar-refractivity contribution in [3.05, 3.63) is 16.1 Å². The van der Waals surface area contributed by atoms with E-state index in [1.807, 2.05) is 5.38 Å². The van der Waals surface area contributed by atoms with E-state index >= 15 is 0 Å². The van der Waals surface area contributed by atoms with Crippen LogP contribution in [-0.2, 0) is 11.3 Å². The topological polar surface area (TPSA) is 62.7 Å². The number of esters is 1. The van der Waals surface area contributed by atoms with Crippen molar-refractivity contribution in [3.8, 4) is 0 Å². The van der Waals surface area contributed by atoms with Crippen molar-refractivity contribution in [1.29, 1.82) is 0 Å². The standard InChI is InChI=1S/C14H24N2O3S/c1-4-12(5-2)16(7-8-17)9-11-10-20-13(15-11)14(18)19-6-3/h10,12,17H,4-9H2,1-3H3. The van der Waals surface area contributed by atoms with Crippen molar-refractivity contribution in [3.63, 3.8) is 0 Å². The van der Waals surface area contributed by atoms with E-state index in [1.54, 1.807) is 6.92 Å². The van der Waals surface area contributed by atoms with Gasteiger partial charge in [-0.2, -0.15) is 0 Å². The summed E-state index contributed by atoms with van der Waals surface area (Å²) < 4.78 is 4.94. The molecule has 0 fully saturated rings. The van der Waals surface area contributed by atoms with Crippen LogP contribution in [0.5, 0.6) is 0 Å². The molecule has 0 atom stereocenters. The Morgan fingerprint density at radius 2 is 2.15 bits per heavy atom. The third kappa shape index (κ3) is 4.85. The predicted octanol–water partition coefficient (Wildman–Crippen LogP) is 2.30. The summed E-state index contributed by atoms with van der Waals surface area (Å²) in [5, 5.41) is 11.5. The van der Waals surface area contributed by atoms with Gasteiger partial charge in [0.25, 0.3) is 0 Å². The molecule has 0 aliphatic carbocycles. The summed E-state index contributed by atoms with van der Waals surface area (Å²) in [5.74, 6) is -0.361. The highest BCUT2D eigenvalue weighted by Crippen LogP contribution is 2.16. The van der Waals surface area contributed by atoms with E-state index in [9.17, 15) is 9.90 Å². The van der Waals surface area contributed by atoms with Gasteiger partial charge in [-0.1, -0.05) is 13.8 Å². The van der Waals surface area contributed by atoms with E-state index < -0.39 is 0 Å². The second-order valence-corrected chi connectivity index (χ2v) is 5.39. The molecule has 1 heterocycles. The lowest BCUT2D eigenvalue weighted by Gasteiger charge is -2.29. The van der Waals surface area contributed by atoms with Crippen LogP contribution in [0.3, 0.4) is 0 Å². The third-order valence-electron chi connectivity index (χ3n) is 3.21. The molecule has 0 spiro atoms. The molecule has 0 bridgehead atoms. The van der Waals surface area contributed by atoms with Crippen molar-refractivity contribution in [2.45, 2.75) is 46.2 Å². The van der Waals surface area contributed by atoms with Crippen molar-refractivity contribution >= 4 is 17.3 Å². The van der Waals surface area contributed by atoms with E-state index in [2.05, 4.69) is 23.7 Å². The Hall–Kier alpha value is -0.980. The van der Waals surface area contributed by atoms with E-state index in [4.69, 9.17) is 4.74 Å². The molecule has 0 saturated carbocycles. The van der Waals surface area contributed by atoms with Crippen molar-refractivity contribution in [2.24, 2.45) is 0 Å². The fourth-order valence-corrected chi connectivity index (χ4v) is 2.90. The number of ether oxygens (including phenoxy) is 1. The molecule has 1 N–H and O–H groups in total. The van der Waals surface area contributed by atoms with Gasteiger partial charge in [-0.3, -0.25) is 4.90 Å². The Kier molecular flexibility index (Phi) is 7.72. The van der Waals surface area contributed by atoms with Crippen molar-refractivity contribution in [1.82, 2.24) is 9.88 Å². The molecule has 0 unspecified atom stereocenters. The molecule has 1 aromatic rings. The highest BCUT2D eigenvalue weighted by molar-refractivity contribution is 7.11. The Balaban J connectivity index is 2.71. The van der Waals surface area contributed by atoms with Crippen molar-refractivity contribution in [2.75, 3.05) is 19.8 Å². The van der Waals surface area contributed by atoms with Crippen LogP contribution < -0.4 is 0 Å². The number of thiazole rings is 1. The normalized spacial score (nSPS) is 11.3. The summed E-state index contributed by atoms with van der Waals surface area (Å²) in [4.78, 5) is 18.1. The molecule has 1 aromatic heterocycles. The fraction of sp³-hybridized carbons (Fsp3) is 0.714. The van der Waals surface area contributed by atoms with Crippen LogP contribution in [0.15, 0.2) is 5.38 Å². The van der Waals surface area contributed by atoms with Gasteiger partial charge in [0.05, 0.1) is 18.9 Å². The zero-order valence-electron chi connectivity index (χ0n) is 12.5. The predicted molar refractivity (Wildman–Crippen MR) is 79.9 cm³/mol. The minimum Gasteiger partial charge on any atom is -0.461 e. The summed E-state index contributed by atoms with van der Waals surface area (Å²) >= 11 is 1.31. The van der Waals surface area contributed by atoms with E-state index in [0.29, 0.717) is 30.7 Å². The van der Waals surface area contributed by atoms with Gasteiger partial charge in [0.15, 0.2) is 0 Å². The van der Waals surface area contributed by atoms with Crippen LogP contribution >= 0.6 is 11.3 Å². The second kappa shape index (κ2) is 9.05. The first-order chi connectivity index (χ1) is 9.65. The Morgan fingerprint density at radius 1 is 1.45 bits per heavy atom. The summed E-state index contributed by atoms with van der Waals surface area (Å²) in [6.07, 6.45) is 2.07. The number of aliphatic hydroxyl groups is 1. The molecular formula is C14H24N2O3S. The molecule has 0 aromatic carbocycles. The maximum Gasteiger partial charge on any atom is 0.367 e. The van der Waals surface area contributed by atoms with Gasteiger partial charge in [-0.05, 0) is 19.8 Å². The number of aromatic nitrogens is 1. The number of carbonyl (C=O) groups excluding carboxylic acids is 1. The lowest BCUT2D eigenvalue weighted by Crippen LogP contribution is -2.36. The number of nitrogens with zero attached hydrogens (tertiary/aromatic N) is 2. The highest BCUT2D eigenvalue weighted by atomic mass is 32.1. The SMILES string of the molecule is CCOC(=O)c1nc(CN(CCO)C(CC)CC)cs1. The Labute approximate surface area is 124 Å². The van der Waals surface area contributed by atoms with Crippen LogP contribution in [0.2, 0.25) is 0 Å². The lowest BCUT2D eigenvalue weighted by atomic mass is 10.1. The molecule has 5 nitrogen and oxygen atoms in total. The van der Waals surface area contributed by atoms with Crippen LogP contribution in [0, 0.1) is 0 Å². The third-order valence-corrected chi connectivity index (χ3v) is 4.08. The number of hydrogen-bond donors (Lipinski definition) is 1. The van der Waals surface area contributed by atoms with Crippen molar-refractivity contribution < 1.29 is 14.6 Å². The smallest absolute Gasteiger partial charge is 0.367 e. The molecule has 0 saturated heterocycles. The van der Waals surface area contributed by atoms with E-state index in [1.165, 1.54) is 11.3 Å². The van der Waals surface area contributed by atoms with Crippen LogP contribution in [-0.4, -0.2) is 46.8 Å². The van der Waals surface area contributed by atoms with Gasteiger partial charge in [-0.15, -0.1) is 11.3 Å². The van der Waals surface area contributed by atoms with Gasteiger partial charge in [0, 0.05) is 24.5 Å². The first-order valence-corrected chi connectivity index (χ1v) is 8.00. The zero-order valence-corrected chi connectivity index (χ0v) is 13.3. The summed E-state index contributed by atoms with van der Waals surface area (Å²) in [5.41, 5.74) is 0.860. The first-order valence-electron chi connectivity index (χ1n) is 7.12. The van der Waals surface area contributed by atoms with Gasteiger partial charge in [0.1, 0.15) is 0 Å². The second-order valence-electron chi connectivity index (χ2n) is 4.53.